The second-order valence-electron chi connectivity index (χ2n) is 3.76. The summed E-state index contributed by atoms with van der Waals surface area (Å²) in [6, 6.07) is 6.48. The third-order valence-electron chi connectivity index (χ3n) is 2.40. The number of benzene rings is 1. The lowest BCUT2D eigenvalue weighted by Crippen LogP contribution is -2.16. The van der Waals surface area contributed by atoms with E-state index in [2.05, 4.69) is 4.98 Å². The molecule has 0 aliphatic carbocycles. The van der Waals surface area contributed by atoms with E-state index in [0.717, 1.165) is 11.3 Å². The number of rotatable bonds is 4. The molecule has 18 heavy (non-hydrogen) atoms. The van der Waals surface area contributed by atoms with Gasteiger partial charge in [-0.1, -0.05) is 29.5 Å². The van der Waals surface area contributed by atoms with Crippen LogP contribution in [-0.2, 0) is 6.54 Å². The van der Waals surface area contributed by atoms with Gasteiger partial charge in [0.25, 0.3) is 0 Å². The molecule has 0 amide bonds. The molecule has 0 bridgehead atoms. The summed E-state index contributed by atoms with van der Waals surface area (Å²) in [4.78, 5) is 16.6. The van der Waals surface area contributed by atoms with Crippen LogP contribution in [0.3, 0.4) is 0 Å². The van der Waals surface area contributed by atoms with Gasteiger partial charge in [-0.15, -0.1) is 0 Å². The van der Waals surface area contributed by atoms with E-state index in [4.69, 9.17) is 5.11 Å². The molecule has 0 aliphatic rings. The Morgan fingerprint density at radius 3 is 2.83 bits per heavy atom. The Labute approximate surface area is 107 Å². The van der Waals surface area contributed by atoms with Crippen molar-refractivity contribution in [1.82, 2.24) is 4.98 Å². The van der Waals surface area contributed by atoms with Crippen LogP contribution < -0.4 is 4.90 Å². The summed E-state index contributed by atoms with van der Waals surface area (Å²) in [5.41, 5.74) is 0.548. The van der Waals surface area contributed by atoms with Crippen LogP contribution in [0.25, 0.3) is 0 Å². The van der Waals surface area contributed by atoms with E-state index in [-0.39, 0.29) is 10.7 Å². The van der Waals surface area contributed by atoms with Crippen molar-refractivity contribution < 1.29 is 14.3 Å². The summed E-state index contributed by atoms with van der Waals surface area (Å²) in [5.74, 6) is -1.28. The number of hydrogen-bond acceptors (Lipinski definition) is 4. The predicted molar refractivity (Wildman–Crippen MR) is 67.6 cm³/mol. The number of aromatic carboxylic acids is 1. The second kappa shape index (κ2) is 5.14. The number of carboxylic acid groups (broad SMARTS) is 1. The van der Waals surface area contributed by atoms with Crippen molar-refractivity contribution in [2.75, 3.05) is 11.9 Å². The summed E-state index contributed by atoms with van der Waals surface area (Å²) in [6.07, 6.45) is 1.31. The molecule has 1 heterocycles. The van der Waals surface area contributed by atoms with Gasteiger partial charge in [0.15, 0.2) is 5.13 Å². The standard InChI is InChI=1S/C12H11FN2O2S/c1-15(7-8-4-2-3-5-9(8)13)12-14-6-10(18-12)11(16)17/h2-6H,7H2,1H3,(H,16,17). The molecule has 0 fully saturated rings. The fourth-order valence-corrected chi connectivity index (χ4v) is 2.21. The number of thiazole rings is 1. The molecule has 1 N–H and O–H groups in total. The smallest absolute Gasteiger partial charge is 0.347 e. The number of aromatic nitrogens is 1. The van der Waals surface area contributed by atoms with Crippen molar-refractivity contribution >= 4 is 22.4 Å². The third-order valence-corrected chi connectivity index (χ3v) is 3.50. The van der Waals surface area contributed by atoms with E-state index in [0.29, 0.717) is 17.2 Å². The van der Waals surface area contributed by atoms with Gasteiger partial charge in [0.05, 0.1) is 6.20 Å². The van der Waals surface area contributed by atoms with Crippen molar-refractivity contribution in [1.29, 1.82) is 0 Å². The molecule has 4 nitrogen and oxygen atoms in total. The first kappa shape index (κ1) is 12.5. The molecule has 94 valence electrons. The maximum atomic E-state index is 13.5. The van der Waals surface area contributed by atoms with Gasteiger partial charge in [0, 0.05) is 19.2 Å². The summed E-state index contributed by atoms with van der Waals surface area (Å²) in [7, 11) is 1.75. The Hall–Kier alpha value is -1.95. The molecule has 6 heteroatoms. The van der Waals surface area contributed by atoms with E-state index in [1.54, 1.807) is 30.1 Å². The number of carboxylic acids is 1. The summed E-state index contributed by atoms with van der Waals surface area (Å²) < 4.78 is 13.5. The minimum absolute atomic E-state index is 0.172. The molecule has 0 radical (unpaired) electrons. The van der Waals surface area contributed by atoms with Crippen LogP contribution in [0.1, 0.15) is 15.2 Å². The lowest BCUT2D eigenvalue weighted by atomic mass is 10.2. The van der Waals surface area contributed by atoms with Gasteiger partial charge in [0.1, 0.15) is 10.7 Å². The number of nitrogens with zero attached hydrogens (tertiary/aromatic N) is 2. The molecule has 0 atom stereocenters. The number of carbonyl (C=O) groups is 1. The first-order chi connectivity index (χ1) is 8.58. The first-order valence-corrected chi connectivity index (χ1v) is 6.03. The summed E-state index contributed by atoms with van der Waals surface area (Å²) >= 11 is 1.07. The monoisotopic (exact) mass is 266 g/mol. The quantitative estimate of drug-likeness (QED) is 0.924. The largest absolute Gasteiger partial charge is 0.477 e. The normalized spacial score (nSPS) is 10.3. The van der Waals surface area contributed by atoms with E-state index in [1.165, 1.54) is 12.3 Å². The molecule has 0 saturated heterocycles. The summed E-state index contributed by atoms with van der Waals surface area (Å²) in [6.45, 7) is 0.346. The molecule has 1 aromatic heterocycles. The molecule has 0 unspecified atom stereocenters. The molecule has 2 aromatic rings. The molecule has 2 rings (SSSR count). The van der Waals surface area contributed by atoms with E-state index >= 15 is 0 Å². The minimum atomic E-state index is -1.00. The lowest BCUT2D eigenvalue weighted by molar-refractivity contribution is 0.0702. The van der Waals surface area contributed by atoms with Gasteiger partial charge >= 0.3 is 5.97 Å². The predicted octanol–water partition coefficient (Wildman–Crippen LogP) is 2.62. The zero-order valence-electron chi connectivity index (χ0n) is 9.63. The Morgan fingerprint density at radius 1 is 1.50 bits per heavy atom. The van der Waals surface area contributed by atoms with Crippen LogP contribution >= 0.6 is 11.3 Å². The van der Waals surface area contributed by atoms with Crippen molar-refractivity contribution in [3.63, 3.8) is 0 Å². The van der Waals surface area contributed by atoms with Gasteiger partial charge in [-0.25, -0.2) is 14.2 Å². The van der Waals surface area contributed by atoms with Crippen LogP contribution in [0.4, 0.5) is 9.52 Å². The Bertz CT molecular complexity index is 571. The van der Waals surface area contributed by atoms with Gasteiger partial charge in [-0.05, 0) is 6.07 Å². The van der Waals surface area contributed by atoms with E-state index in [1.807, 2.05) is 0 Å². The number of halogens is 1. The fourth-order valence-electron chi connectivity index (χ4n) is 1.49. The number of anilines is 1. The van der Waals surface area contributed by atoms with Crippen LogP contribution in [0.15, 0.2) is 30.5 Å². The fraction of sp³-hybridized carbons (Fsp3) is 0.167. The van der Waals surface area contributed by atoms with Crippen LogP contribution in [0.2, 0.25) is 0 Å². The first-order valence-electron chi connectivity index (χ1n) is 5.21. The summed E-state index contributed by atoms with van der Waals surface area (Å²) in [5, 5.41) is 9.36. The molecule has 0 aliphatic heterocycles. The maximum absolute atomic E-state index is 13.5. The van der Waals surface area contributed by atoms with Crippen molar-refractivity contribution in [2.45, 2.75) is 6.54 Å². The highest BCUT2D eigenvalue weighted by molar-refractivity contribution is 7.17. The van der Waals surface area contributed by atoms with E-state index in [9.17, 15) is 9.18 Å². The van der Waals surface area contributed by atoms with Crippen LogP contribution in [-0.4, -0.2) is 23.1 Å². The molecular weight excluding hydrogens is 255 g/mol. The second-order valence-corrected chi connectivity index (χ2v) is 4.77. The minimum Gasteiger partial charge on any atom is -0.477 e. The average molecular weight is 266 g/mol. The van der Waals surface area contributed by atoms with Crippen molar-refractivity contribution in [3.05, 3.63) is 46.7 Å². The Kier molecular flexibility index (Phi) is 3.57. The van der Waals surface area contributed by atoms with Gasteiger partial charge in [-0.3, -0.25) is 0 Å². The zero-order valence-corrected chi connectivity index (χ0v) is 10.4. The molecule has 0 spiro atoms. The highest BCUT2D eigenvalue weighted by Gasteiger charge is 2.13. The Balaban J connectivity index is 2.14. The van der Waals surface area contributed by atoms with Crippen LogP contribution in [0, 0.1) is 5.82 Å². The number of hydrogen-bond donors (Lipinski definition) is 1. The lowest BCUT2D eigenvalue weighted by Gasteiger charge is -2.15. The highest BCUT2D eigenvalue weighted by Crippen LogP contribution is 2.23. The van der Waals surface area contributed by atoms with E-state index < -0.39 is 5.97 Å². The maximum Gasteiger partial charge on any atom is 0.347 e. The van der Waals surface area contributed by atoms with Gasteiger partial charge in [-0.2, -0.15) is 0 Å². The van der Waals surface area contributed by atoms with Crippen LogP contribution in [0.5, 0.6) is 0 Å². The van der Waals surface area contributed by atoms with Crippen molar-refractivity contribution in [3.8, 4) is 0 Å². The zero-order chi connectivity index (χ0) is 13.1. The average Bonchev–Trinajstić information content (AvgIpc) is 2.81. The Morgan fingerprint density at radius 2 is 2.22 bits per heavy atom. The topological polar surface area (TPSA) is 53.4 Å². The molecule has 0 saturated carbocycles. The third kappa shape index (κ3) is 2.65. The van der Waals surface area contributed by atoms with Gasteiger partial charge < -0.3 is 10.0 Å². The van der Waals surface area contributed by atoms with Gasteiger partial charge in [0.2, 0.25) is 0 Å². The van der Waals surface area contributed by atoms with Crippen molar-refractivity contribution in [2.24, 2.45) is 0 Å². The molecular formula is C12H11FN2O2S. The SMILES string of the molecule is CN(Cc1ccccc1F)c1ncc(C(=O)O)s1. The molecule has 1 aromatic carbocycles. The highest BCUT2D eigenvalue weighted by atomic mass is 32.1.